The average Bonchev–Trinajstić information content (AvgIpc) is 2.74. The minimum Gasteiger partial charge on any atom is -0.462 e. The molecule has 2 aromatic rings. The fourth-order valence-corrected chi connectivity index (χ4v) is 2.96. The Labute approximate surface area is 184 Å². The first kappa shape index (κ1) is 24.1. The molecule has 6 nitrogen and oxygen atoms in total. The molecule has 0 saturated carbocycles. The van der Waals surface area contributed by atoms with Gasteiger partial charge in [-0.25, -0.2) is 4.79 Å². The summed E-state index contributed by atoms with van der Waals surface area (Å²) in [4.78, 5) is 36.9. The van der Waals surface area contributed by atoms with Gasteiger partial charge in [0, 0.05) is 12.0 Å². The first-order valence-electron chi connectivity index (χ1n) is 10.6. The summed E-state index contributed by atoms with van der Waals surface area (Å²) in [7, 11) is 0. The third-order valence-corrected chi connectivity index (χ3v) is 4.95. The maximum atomic E-state index is 12.4. The summed E-state index contributed by atoms with van der Waals surface area (Å²) in [6.45, 7) is 7.93. The maximum Gasteiger partial charge on any atom is 0.328 e. The second-order valence-electron chi connectivity index (χ2n) is 8.06. The van der Waals surface area contributed by atoms with Crippen LogP contribution in [0.4, 0.5) is 0 Å². The Morgan fingerprint density at radius 1 is 0.903 bits per heavy atom. The highest BCUT2D eigenvalue weighted by molar-refractivity contribution is 5.96. The predicted molar refractivity (Wildman–Crippen MR) is 121 cm³/mol. The summed E-state index contributed by atoms with van der Waals surface area (Å²) in [5.41, 5.74) is 3.84. The lowest BCUT2D eigenvalue weighted by atomic mass is 10.0. The van der Waals surface area contributed by atoms with Crippen LogP contribution in [0.3, 0.4) is 0 Å². The van der Waals surface area contributed by atoms with E-state index in [2.05, 4.69) is 10.6 Å². The summed E-state index contributed by atoms with van der Waals surface area (Å²) in [6.07, 6.45) is 1.03. The highest BCUT2D eigenvalue weighted by atomic mass is 16.5. The van der Waals surface area contributed by atoms with Crippen LogP contribution in [0.15, 0.2) is 48.5 Å². The van der Waals surface area contributed by atoms with E-state index in [4.69, 9.17) is 4.74 Å². The highest BCUT2D eigenvalue weighted by Crippen LogP contribution is 2.08. The van der Waals surface area contributed by atoms with E-state index in [9.17, 15) is 14.4 Å². The Balaban J connectivity index is 1.73. The van der Waals surface area contributed by atoms with Crippen LogP contribution >= 0.6 is 0 Å². The van der Waals surface area contributed by atoms with E-state index >= 15 is 0 Å². The largest absolute Gasteiger partial charge is 0.462 e. The minimum absolute atomic E-state index is 0.0543. The number of aryl methyl sites for hydroxylation is 3. The molecule has 1 atom stereocenters. The van der Waals surface area contributed by atoms with E-state index < -0.39 is 12.0 Å². The van der Waals surface area contributed by atoms with Gasteiger partial charge in [-0.1, -0.05) is 61.4 Å². The zero-order valence-corrected chi connectivity index (χ0v) is 18.7. The number of amides is 2. The monoisotopic (exact) mass is 424 g/mol. The molecule has 0 radical (unpaired) electrons. The Kier molecular flexibility index (Phi) is 9.25. The molecule has 2 N–H and O–H groups in total. The number of hydrogen-bond acceptors (Lipinski definition) is 4. The fraction of sp³-hybridized carbons (Fsp3) is 0.400. The number of benzene rings is 2. The lowest BCUT2D eigenvalue weighted by Crippen LogP contribution is -2.45. The molecule has 2 amide bonds. The molecule has 0 aromatic heterocycles. The second-order valence-corrected chi connectivity index (χ2v) is 8.06. The van der Waals surface area contributed by atoms with Gasteiger partial charge in [0.2, 0.25) is 5.91 Å². The summed E-state index contributed by atoms with van der Waals surface area (Å²) in [6, 6.07) is 14.5. The Morgan fingerprint density at radius 3 is 2.06 bits per heavy atom. The Bertz CT molecular complexity index is 873. The van der Waals surface area contributed by atoms with Crippen LogP contribution in [0.5, 0.6) is 0 Å². The van der Waals surface area contributed by atoms with Crippen molar-refractivity contribution in [1.82, 2.24) is 10.6 Å². The lowest BCUT2D eigenvalue weighted by molar-refractivity contribution is -0.147. The molecular weight excluding hydrogens is 392 g/mol. The zero-order chi connectivity index (χ0) is 22.8. The van der Waals surface area contributed by atoms with E-state index in [0.717, 1.165) is 11.1 Å². The highest BCUT2D eigenvalue weighted by Gasteiger charge is 2.26. The van der Waals surface area contributed by atoms with Gasteiger partial charge < -0.3 is 15.4 Å². The third kappa shape index (κ3) is 8.24. The van der Waals surface area contributed by atoms with Crippen molar-refractivity contribution in [3.63, 3.8) is 0 Å². The Morgan fingerprint density at radius 2 is 1.48 bits per heavy atom. The number of rotatable bonds is 10. The third-order valence-electron chi connectivity index (χ3n) is 4.95. The van der Waals surface area contributed by atoms with Gasteiger partial charge in [-0.05, 0) is 43.9 Å². The van der Waals surface area contributed by atoms with Crippen LogP contribution in [-0.4, -0.2) is 37.0 Å². The summed E-state index contributed by atoms with van der Waals surface area (Å²) in [5, 5.41) is 5.50. The SMILES string of the molecule is Cc1ccc(CCC(=O)NCCOC(=O)C(NC(=O)c2ccc(C)cc2)C(C)C)cc1. The van der Waals surface area contributed by atoms with Crippen molar-refractivity contribution in [1.29, 1.82) is 0 Å². The first-order chi connectivity index (χ1) is 14.8. The molecule has 31 heavy (non-hydrogen) atoms. The standard InChI is InChI=1S/C25H32N2O4/c1-17(2)23(27-24(29)21-12-7-19(4)8-13-21)25(30)31-16-15-26-22(28)14-11-20-9-5-18(3)6-10-20/h5-10,12-13,17,23H,11,14-16H2,1-4H3,(H,26,28)(H,27,29). The van der Waals surface area contributed by atoms with Crippen molar-refractivity contribution in [2.45, 2.75) is 46.6 Å². The number of carbonyl (C=O) groups is 3. The lowest BCUT2D eigenvalue weighted by Gasteiger charge is -2.21. The van der Waals surface area contributed by atoms with Crippen LogP contribution in [0, 0.1) is 19.8 Å². The normalized spacial score (nSPS) is 11.6. The molecule has 0 aliphatic rings. The number of esters is 1. The van der Waals surface area contributed by atoms with Gasteiger partial charge in [-0.3, -0.25) is 9.59 Å². The number of ether oxygens (including phenoxy) is 1. The Hall–Kier alpha value is -3.15. The minimum atomic E-state index is -0.758. The first-order valence-corrected chi connectivity index (χ1v) is 10.6. The van der Waals surface area contributed by atoms with Gasteiger partial charge in [0.15, 0.2) is 0 Å². The molecule has 166 valence electrons. The summed E-state index contributed by atoms with van der Waals surface area (Å²) < 4.78 is 5.28. The molecule has 0 aliphatic heterocycles. The predicted octanol–water partition coefficient (Wildman–Crippen LogP) is 3.35. The average molecular weight is 425 g/mol. The fourth-order valence-electron chi connectivity index (χ4n) is 2.96. The number of hydrogen-bond donors (Lipinski definition) is 2. The molecule has 2 aromatic carbocycles. The second kappa shape index (κ2) is 11.9. The molecule has 0 heterocycles. The van der Waals surface area contributed by atoms with Gasteiger partial charge in [0.05, 0.1) is 6.54 Å². The van der Waals surface area contributed by atoms with Crippen molar-refractivity contribution in [2.24, 2.45) is 5.92 Å². The zero-order valence-electron chi connectivity index (χ0n) is 18.7. The maximum absolute atomic E-state index is 12.4. The van der Waals surface area contributed by atoms with E-state index in [-0.39, 0.29) is 30.9 Å². The molecule has 2 rings (SSSR count). The molecule has 6 heteroatoms. The van der Waals surface area contributed by atoms with Gasteiger partial charge in [0.1, 0.15) is 12.6 Å². The molecule has 0 fully saturated rings. The van der Waals surface area contributed by atoms with Gasteiger partial charge in [-0.2, -0.15) is 0 Å². The van der Waals surface area contributed by atoms with Crippen LogP contribution in [0.2, 0.25) is 0 Å². The molecule has 1 unspecified atom stereocenters. The topological polar surface area (TPSA) is 84.5 Å². The molecule has 0 saturated heterocycles. The van der Waals surface area contributed by atoms with E-state index in [1.165, 1.54) is 5.56 Å². The van der Waals surface area contributed by atoms with Crippen molar-refractivity contribution < 1.29 is 19.1 Å². The molecular formula is C25H32N2O4. The van der Waals surface area contributed by atoms with Crippen LogP contribution in [0.1, 0.15) is 47.3 Å². The molecule has 0 aliphatic carbocycles. The number of nitrogens with one attached hydrogen (secondary N) is 2. The summed E-state index contributed by atoms with van der Waals surface area (Å²) >= 11 is 0. The van der Waals surface area contributed by atoms with Crippen molar-refractivity contribution in [3.05, 3.63) is 70.8 Å². The number of carbonyl (C=O) groups excluding carboxylic acids is 3. The molecule has 0 spiro atoms. The van der Waals surface area contributed by atoms with Gasteiger partial charge in [0.25, 0.3) is 5.91 Å². The smallest absolute Gasteiger partial charge is 0.328 e. The van der Waals surface area contributed by atoms with Crippen LogP contribution in [-0.2, 0) is 20.7 Å². The van der Waals surface area contributed by atoms with Gasteiger partial charge in [-0.15, -0.1) is 0 Å². The van der Waals surface area contributed by atoms with E-state index in [1.807, 2.05) is 64.1 Å². The van der Waals surface area contributed by atoms with Crippen molar-refractivity contribution >= 4 is 17.8 Å². The van der Waals surface area contributed by atoms with Crippen molar-refractivity contribution in [2.75, 3.05) is 13.2 Å². The summed E-state index contributed by atoms with van der Waals surface area (Å²) in [5.74, 6) is -1.06. The molecule has 0 bridgehead atoms. The van der Waals surface area contributed by atoms with Crippen molar-refractivity contribution in [3.8, 4) is 0 Å². The van der Waals surface area contributed by atoms with Crippen LogP contribution in [0.25, 0.3) is 0 Å². The quantitative estimate of drug-likeness (QED) is 0.453. The van der Waals surface area contributed by atoms with Gasteiger partial charge >= 0.3 is 5.97 Å². The van der Waals surface area contributed by atoms with E-state index in [1.54, 1.807) is 12.1 Å². The van der Waals surface area contributed by atoms with Crippen LogP contribution < -0.4 is 10.6 Å². The van der Waals surface area contributed by atoms with E-state index in [0.29, 0.717) is 18.4 Å².